The molecule has 20 nitrogen and oxygen atoms in total. The lowest BCUT2D eigenvalue weighted by Crippen LogP contribution is -2.36. The first-order chi connectivity index (χ1) is 57.0. The van der Waals surface area contributed by atoms with E-state index in [1.807, 2.05) is 104 Å². The number of benzene rings is 3. The van der Waals surface area contributed by atoms with E-state index in [1.165, 1.54) is 0 Å². The maximum Gasteiger partial charge on any atom is 0.251 e. The van der Waals surface area contributed by atoms with Gasteiger partial charge in [0, 0.05) is 204 Å². The van der Waals surface area contributed by atoms with Crippen molar-refractivity contribution in [2.45, 2.75) is 188 Å². The number of rotatable bonds is 37. The molecule has 0 aliphatic carbocycles. The Labute approximate surface area is 708 Å². The third-order valence-electron chi connectivity index (χ3n) is 16.1. The lowest BCUT2D eigenvalue weighted by molar-refractivity contribution is 0.0432. The van der Waals surface area contributed by atoms with Gasteiger partial charge in [-0.25, -0.2) is 0 Å². The normalized spacial score (nSPS) is 9.18. The highest BCUT2D eigenvalue weighted by Gasteiger charge is 2.21. The predicted octanol–water partition coefficient (Wildman–Crippen LogP) is 14.6. The predicted molar refractivity (Wildman–Crippen MR) is 476 cm³/mol. The summed E-state index contributed by atoms with van der Waals surface area (Å²) in [5.74, 6) is 89.6. The number of carbonyl (C=O) groups is 3. The van der Waals surface area contributed by atoms with Crippen LogP contribution >= 0.6 is 0 Å². The SMILES string of the molecule is C#CC#CC#CC#CC#CC#CC#CC#CC#CC#CC#CC#CC#CC#CC#CC#CC#CC#CC#C.CCC(C)(C)CCOc1ccc(C(=O)NCCCC(C)(C)N=[N+]=[N-])cc1.CNC(C)(C)CCCC(=O)c1ccc(CC(C)(C)N=[N+]=[N-])cc1.CNC(C)(C)CCCOc1ccc(C(=O)NCCOCCOCCC(C)(C)N=[N+]=[N-])cc1. The fraction of sp³-hybridized carbons (Fsp3) is 0.404. The van der Waals surface area contributed by atoms with Gasteiger partial charge in [-0.15, -0.1) is 12.8 Å². The molecule has 20 heteroatoms. The van der Waals surface area contributed by atoms with Gasteiger partial charge >= 0.3 is 0 Å². The molecule has 3 aromatic carbocycles. The van der Waals surface area contributed by atoms with Gasteiger partial charge in [0.2, 0.25) is 0 Å². The topological polar surface area (TPSA) is 283 Å². The Kier molecular flexibility index (Phi) is 56.6. The van der Waals surface area contributed by atoms with Crippen LogP contribution in [0.15, 0.2) is 88.1 Å². The van der Waals surface area contributed by atoms with E-state index >= 15 is 0 Å². The molecule has 0 radical (unpaired) electrons. The highest BCUT2D eigenvalue weighted by molar-refractivity contribution is 5.96. The maximum atomic E-state index is 12.2. The summed E-state index contributed by atoms with van der Waals surface area (Å²) in [6.45, 7) is 30.6. The van der Waals surface area contributed by atoms with Crippen LogP contribution in [0.1, 0.15) is 191 Å². The molecule has 604 valence electrons. The molecule has 0 unspecified atom stereocenters. The lowest BCUT2D eigenvalue weighted by atomic mass is 9.87. The second-order valence-corrected chi connectivity index (χ2v) is 28.7. The third kappa shape index (κ3) is 61.5. The minimum absolute atomic E-state index is 0.0664. The van der Waals surface area contributed by atoms with Gasteiger partial charge in [-0.05, 0) is 270 Å². The molecule has 0 saturated heterocycles. The Balaban J connectivity index is 0.00000159. The van der Waals surface area contributed by atoms with E-state index < -0.39 is 16.6 Å². The van der Waals surface area contributed by atoms with E-state index in [4.69, 9.17) is 48.4 Å². The summed E-state index contributed by atoms with van der Waals surface area (Å²) in [6.07, 6.45) is 19.1. The average Bonchev–Trinajstić information content (AvgIpc) is 0.997. The van der Waals surface area contributed by atoms with E-state index in [0.717, 1.165) is 74.0 Å². The molecule has 3 rings (SSSR count). The van der Waals surface area contributed by atoms with Crippen molar-refractivity contribution in [3.63, 3.8) is 0 Å². The fourth-order valence-electron chi connectivity index (χ4n) is 8.50. The summed E-state index contributed by atoms with van der Waals surface area (Å²) in [4.78, 5) is 45.1. The quantitative estimate of drug-likeness (QED) is 0.0106. The van der Waals surface area contributed by atoms with Gasteiger partial charge in [-0.1, -0.05) is 108 Å². The van der Waals surface area contributed by atoms with Crippen molar-refractivity contribution in [2.24, 2.45) is 20.8 Å². The molecule has 4 N–H and O–H groups in total. The Hall–Kier alpha value is -14.7. The van der Waals surface area contributed by atoms with Gasteiger partial charge in [-0.3, -0.25) is 14.4 Å². The number of hydrogen-bond donors (Lipinski definition) is 4. The Morgan fingerprint density at radius 1 is 0.370 bits per heavy atom. The number of Topliss-reactive ketones (excluding diaryl/α,β-unsaturated/α-hetero) is 1. The molecule has 0 aliphatic rings. The van der Waals surface area contributed by atoms with Gasteiger partial charge in [-0.2, -0.15) is 0 Å². The molecule has 0 fully saturated rings. The van der Waals surface area contributed by atoms with Gasteiger partial charge in [0.05, 0.1) is 33.0 Å². The zero-order valence-electron chi connectivity index (χ0n) is 70.9. The van der Waals surface area contributed by atoms with Gasteiger partial charge < -0.3 is 40.2 Å². The second kappa shape index (κ2) is 64.6. The number of nitrogens with zero attached hydrogens (tertiary/aromatic N) is 9. The van der Waals surface area contributed by atoms with Crippen molar-refractivity contribution < 1.29 is 33.3 Å². The molecule has 0 heterocycles. The minimum atomic E-state index is -0.459. The number of nitrogens with one attached hydrogen (secondary N) is 4. The number of hydrogen-bond acceptors (Lipinski definition) is 12. The zero-order chi connectivity index (χ0) is 88.5. The highest BCUT2D eigenvalue weighted by atomic mass is 16.5. The minimum Gasteiger partial charge on any atom is -0.494 e. The Morgan fingerprint density at radius 3 is 1.06 bits per heavy atom. The van der Waals surface area contributed by atoms with E-state index in [1.54, 1.807) is 24.3 Å². The van der Waals surface area contributed by atoms with E-state index in [2.05, 4.69) is 313 Å². The van der Waals surface area contributed by atoms with Crippen molar-refractivity contribution in [3.8, 4) is 237 Å². The highest BCUT2D eigenvalue weighted by Crippen LogP contribution is 2.26. The first-order valence-electron chi connectivity index (χ1n) is 37.8. The summed E-state index contributed by atoms with van der Waals surface area (Å²) in [7, 11) is 3.91. The summed E-state index contributed by atoms with van der Waals surface area (Å²) in [5, 5.41) is 23.5. The van der Waals surface area contributed by atoms with Crippen LogP contribution in [0.25, 0.3) is 31.3 Å². The smallest absolute Gasteiger partial charge is 0.251 e. The van der Waals surface area contributed by atoms with Crippen molar-refractivity contribution in [2.75, 3.05) is 66.8 Å². The fourth-order valence-corrected chi connectivity index (χ4v) is 8.50. The van der Waals surface area contributed by atoms with Crippen LogP contribution < -0.4 is 30.7 Å². The number of ketones is 1. The van der Waals surface area contributed by atoms with E-state index in [9.17, 15) is 14.4 Å². The summed E-state index contributed by atoms with van der Waals surface area (Å²) < 4.78 is 22.4. The van der Waals surface area contributed by atoms with Gasteiger partial charge in [0.15, 0.2) is 5.78 Å². The van der Waals surface area contributed by atoms with Gasteiger partial charge in [0.1, 0.15) is 11.5 Å². The number of azide groups is 3. The molecular weight excluding hydrogens is 1480 g/mol. The molecule has 0 aliphatic heterocycles. The van der Waals surface area contributed by atoms with Crippen LogP contribution in [-0.4, -0.2) is 112 Å². The molecule has 2 amide bonds. The third-order valence-corrected chi connectivity index (χ3v) is 16.1. The van der Waals surface area contributed by atoms with Crippen LogP contribution in [0.3, 0.4) is 0 Å². The number of ether oxygens (including phenoxy) is 4. The maximum absolute atomic E-state index is 12.2. The van der Waals surface area contributed by atoms with Crippen LogP contribution in [0.2, 0.25) is 0 Å². The van der Waals surface area contributed by atoms with Gasteiger partial charge in [0.25, 0.3) is 11.8 Å². The molecule has 119 heavy (non-hydrogen) atoms. The lowest BCUT2D eigenvalue weighted by Gasteiger charge is -2.23. The largest absolute Gasteiger partial charge is 0.494 e. The summed E-state index contributed by atoms with van der Waals surface area (Å²) in [5.41, 5.74) is 27.7. The van der Waals surface area contributed by atoms with Crippen LogP contribution in [0, 0.1) is 231 Å². The molecule has 0 spiro atoms. The van der Waals surface area contributed by atoms with Crippen LogP contribution in [0.5, 0.6) is 11.5 Å². The molecule has 0 aromatic heterocycles. The number of amides is 2. The first kappa shape index (κ1) is 104. The molecule has 3 aromatic rings. The Morgan fingerprint density at radius 2 is 0.697 bits per heavy atom. The molecular formula is C99H101N13O7. The van der Waals surface area contributed by atoms with E-state index in [-0.39, 0.29) is 34.1 Å². The standard InChI is InChI=1S/C38H2.C23H39N5O4.C20H32N4O2.C18H28N4O/c1-3-5-7-9-11-13-15-17-19-21-23-25-27-29-31-33-35-37-38-36-34-32-30-28-26-24-22-20-18-16-14-12-10-8-6-4-2;1-22(2,25-5)11-6-14-32-20-9-7-19(8-10-20)21(29)26-13-16-31-18-17-30-15-12-23(3,4)27-28-24;1-6-19(2,3)13-15-26-17-10-8-16(9-11-17)18(25)22-14-7-12-20(4,5)23-24-21;1-17(2,20-5)12-6-7-16(23)15-10-8-14(9-11-15)13-18(3,4)21-22-19/h1-2H;7-10,25H,6,11-18H2,1-5H3,(H,26,29);8-11H,6-7,12-15H2,1-5H3,(H,22,25);8-11,20H,6-7,12-13H2,1-5H3. The molecule has 0 atom stereocenters. The zero-order valence-corrected chi connectivity index (χ0v) is 70.9. The summed E-state index contributed by atoms with van der Waals surface area (Å²) in [6, 6.07) is 22.0. The average molecular weight is 1580 g/mol. The number of terminal acetylenes is 2. The van der Waals surface area contributed by atoms with Crippen molar-refractivity contribution in [3.05, 3.63) is 126 Å². The molecule has 0 bridgehead atoms. The summed E-state index contributed by atoms with van der Waals surface area (Å²) >= 11 is 0. The van der Waals surface area contributed by atoms with Crippen molar-refractivity contribution in [1.29, 1.82) is 0 Å². The van der Waals surface area contributed by atoms with Crippen LogP contribution in [-0.2, 0) is 15.9 Å². The van der Waals surface area contributed by atoms with Crippen LogP contribution in [0.4, 0.5) is 0 Å². The first-order valence-corrected chi connectivity index (χ1v) is 37.8. The van der Waals surface area contributed by atoms with Crippen molar-refractivity contribution >= 4 is 17.6 Å². The number of carbonyl (C=O) groups excluding carboxylic acids is 3. The van der Waals surface area contributed by atoms with E-state index in [0.29, 0.717) is 83.1 Å². The second-order valence-electron chi connectivity index (χ2n) is 28.7. The van der Waals surface area contributed by atoms with Crippen molar-refractivity contribution in [1.82, 2.24) is 21.3 Å². The monoisotopic (exact) mass is 1580 g/mol. The molecule has 0 saturated carbocycles. The Bertz CT molecular complexity index is 5130.